The molecule has 3 rings (SSSR count). The number of hydrogen-bond acceptors (Lipinski definition) is 6. The largest absolute Gasteiger partial charge is 0.349 e. The van der Waals surface area contributed by atoms with Gasteiger partial charge in [-0.2, -0.15) is 5.10 Å². The third kappa shape index (κ3) is 3.87. The summed E-state index contributed by atoms with van der Waals surface area (Å²) in [6.07, 6.45) is 4.37. The summed E-state index contributed by atoms with van der Waals surface area (Å²) >= 11 is 0. The molecule has 0 unspecified atom stereocenters. The maximum atomic E-state index is 12.3. The van der Waals surface area contributed by atoms with Crippen LogP contribution in [0.5, 0.6) is 0 Å². The SMILES string of the molecule is Cl.O=C(NC1CCNCC1)c1ccc(-n2cncn2)c([N+](=O)[O-])c1. The molecular formula is C14H17ClN6O3. The minimum atomic E-state index is -0.529. The first kappa shape index (κ1) is 17.8. The number of nitrogens with one attached hydrogen (secondary N) is 2. The summed E-state index contributed by atoms with van der Waals surface area (Å²) in [7, 11) is 0. The van der Waals surface area contributed by atoms with Crippen molar-refractivity contribution in [2.24, 2.45) is 0 Å². The number of carbonyl (C=O) groups is 1. The van der Waals surface area contributed by atoms with Crippen LogP contribution >= 0.6 is 12.4 Å². The van der Waals surface area contributed by atoms with Crippen molar-refractivity contribution in [3.8, 4) is 5.69 Å². The number of nitro groups is 1. The number of nitrogens with zero attached hydrogens (tertiary/aromatic N) is 4. The molecule has 24 heavy (non-hydrogen) atoms. The molecule has 1 aromatic carbocycles. The van der Waals surface area contributed by atoms with Gasteiger partial charge in [-0.1, -0.05) is 0 Å². The molecule has 1 fully saturated rings. The van der Waals surface area contributed by atoms with E-state index in [1.807, 2.05) is 0 Å². The summed E-state index contributed by atoms with van der Waals surface area (Å²) in [6, 6.07) is 4.43. The normalized spacial score (nSPS) is 14.7. The van der Waals surface area contributed by atoms with Crippen LogP contribution in [0.4, 0.5) is 5.69 Å². The van der Waals surface area contributed by atoms with Crippen LogP contribution in [0, 0.1) is 10.1 Å². The highest BCUT2D eigenvalue weighted by molar-refractivity contribution is 5.95. The molecule has 1 aliphatic rings. The van der Waals surface area contributed by atoms with Gasteiger partial charge in [-0.3, -0.25) is 14.9 Å². The predicted octanol–water partition coefficient (Wildman–Crippen LogP) is 1.08. The Morgan fingerprint density at radius 3 is 2.75 bits per heavy atom. The van der Waals surface area contributed by atoms with Gasteiger partial charge in [-0.05, 0) is 38.1 Å². The van der Waals surface area contributed by atoms with Gasteiger partial charge in [0.2, 0.25) is 0 Å². The van der Waals surface area contributed by atoms with Crippen molar-refractivity contribution in [2.75, 3.05) is 13.1 Å². The molecule has 10 heteroatoms. The van der Waals surface area contributed by atoms with E-state index < -0.39 is 4.92 Å². The fourth-order valence-corrected chi connectivity index (χ4v) is 2.57. The van der Waals surface area contributed by atoms with E-state index in [0.29, 0.717) is 0 Å². The Hall–Kier alpha value is -2.52. The average molecular weight is 353 g/mol. The molecule has 128 valence electrons. The van der Waals surface area contributed by atoms with E-state index in [1.54, 1.807) is 6.07 Å². The summed E-state index contributed by atoms with van der Waals surface area (Å²) in [5.74, 6) is -0.301. The quantitative estimate of drug-likeness (QED) is 0.628. The predicted molar refractivity (Wildman–Crippen MR) is 88.6 cm³/mol. The van der Waals surface area contributed by atoms with Crippen molar-refractivity contribution in [1.29, 1.82) is 0 Å². The average Bonchev–Trinajstić information content (AvgIpc) is 3.09. The third-order valence-electron chi connectivity index (χ3n) is 3.77. The minimum Gasteiger partial charge on any atom is -0.349 e. The van der Waals surface area contributed by atoms with E-state index in [0.717, 1.165) is 25.9 Å². The number of rotatable bonds is 4. The second-order valence-electron chi connectivity index (χ2n) is 5.30. The Kier molecular flexibility index (Phi) is 5.83. The first-order chi connectivity index (χ1) is 11.1. The Balaban J connectivity index is 0.00000208. The number of aromatic nitrogens is 3. The van der Waals surface area contributed by atoms with Crippen molar-refractivity contribution >= 4 is 24.0 Å². The first-order valence-corrected chi connectivity index (χ1v) is 7.30. The molecule has 0 atom stereocenters. The van der Waals surface area contributed by atoms with Crippen LogP contribution in [0.3, 0.4) is 0 Å². The number of nitro benzene ring substituents is 1. The maximum absolute atomic E-state index is 12.3. The van der Waals surface area contributed by atoms with Crippen molar-refractivity contribution < 1.29 is 9.72 Å². The second-order valence-corrected chi connectivity index (χ2v) is 5.30. The summed E-state index contributed by atoms with van der Waals surface area (Å²) < 4.78 is 1.30. The molecule has 0 radical (unpaired) electrons. The van der Waals surface area contributed by atoms with Gasteiger partial charge in [0.05, 0.1) is 4.92 Å². The van der Waals surface area contributed by atoms with Gasteiger partial charge in [0.25, 0.3) is 11.6 Å². The number of carbonyl (C=O) groups excluding carboxylic acids is 1. The zero-order valence-electron chi connectivity index (χ0n) is 12.7. The highest BCUT2D eigenvalue weighted by Crippen LogP contribution is 2.23. The first-order valence-electron chi connectivity index (χ1n) is 7.30. The summed E-state index contributed by atoms with van der Waals surface area (Å²) in [5.41, 5.74) is 0.346. The Morgan fingerprint density at radius 1 is 1.38 bits per heavy atom. The van der Waals surface area contributed by atoms with Crippen LogP contribution in [-0.4, -0.2) is 44.7 Å². The number of benzene rings is 1. The van der Waals surface area contributed by atoms with E-state index >= 15 is 0 Å². The number of piperidine rings is 1. The molecule has 2 aromatic rings. The Morgan fingerprint density at radius 2 is 2.12 bits per heavy atom. The van der Waals surface area contributed by atoms with Crippen molar-refractivity contribution in [2.45, 2.75) is 18.9 Å². The van der Waals surface area contributed by atoms with Crippen LogP contribution in [0.25, 0.3) is 5.69 Å². The summed E-state index contributed by atoms with van der Waals surface area (Å²) in [5, 5.41) is 21.3. The monoisotopic (exact) mass is 352 g/mol. The van der Waals surface area contributed by atoms with Gasteiger partial charge in [-0.25, -0.2) is 9.67 Å². The minimum absolute atomic E-state index is 0. The molecule has 2 heterocycles. The van der Waals surface area contributed by atoms with Crippen LogP contribution < -0.4 is 10.6 Å². The topological polar surface area (TPSA) is 115 Å². The number of hydrogen-bond donors (Lipinski definition) is 2. The molecule has 1 aliphatic heterocycles. The molecule has 9 nitrogen and oxygen atoms in total. The molecular weight excluding hydrogens is 336 g/mol. The maximum Gasteiger partial charge on any atom is 0.295 e. The van der Waals surface area contributed by atoms with Crippen LogP contribution in [0.2, 0.25) is 0 Å². The zero-order valence-corrected chi connectivity index (χ0v) is 13.5. The molecule has 1 saturated heterocycles. The lowest BCUT2D eigenvalue weighted by Crippen LogP contribution is -2.42. The van der Waals surface area contributed by atoms with Gasteiger partial charge >= 0.3 is 0 Å². The van der Waals surface area contributed by atoms with E-state index in [1.165, 1.54) is 29.5 Å². The van der Waals surface area contributed by atoms with Crippen LogP contribution in [0.1, 0.15) is 23.2 Å². The molecule has 0 saturated carbocycles. The van der Waals surface area contributed by atoms with Crippen LogP contribution in [0.15, 0.2) is 30.9 Å². The smallest absolute Gasteiger partial charge is 0.295 e. The molecule has 2 N–H and O–H groups in total. The van der Waals surface area contributed by atoms with Gasteiger partial charge in [0, 0.05) is 17.7 Å². The van der Waals surface area contributed by atoms with Crippen molar-refractivity contribution in [3.05, 3.63) is 46.5 Å². The zero-order chi connectivity index (χ0) is 16.2. The molecule has 0 aliphatic carbocycles. The van der Waals surface area contributed by atoms with Gasteiger partial charge < -0.3 is 10.6 Å². The molecule has 0 spiro atoms. The third-order valence-corrected chi connectivity index (χ3v) is 3.77. The van der Waals surface area contributed by atoms with E-state index in [-0.39, 0.29) is 41.3 Å². The Labute approximate surface area is 144 Å². The van der Waals surface area contributed by atoms with Crippen molar-refractivity contribution in [1.82, 2.24) is 25.4 Å². The molecule has 0 bridgehead atoms. The van der Waals surface area contributed by atoms with E-state index in [9.17, 15) is 14.9 Å². The number of amides is 1. The highest BCUT2D eigenvalue weighted by atomic mass is 35.5. The summed E-state index contributed by atoms with van der Waals surface area (Å²) in [4.78, 5) is 26.8. The molecule has 1 aromatic heterocycles. The van der Waals surface area contributed by atoms with Crippen molar-refractivity contribution in [3.63, 3.8) is 0 Å². The second kappa shape index (κ2) is 7.84. The van der Waals surface area contributed by atoms with Crippen LogP contribution in [-0.2, 0) is 0 Å². The summed E-state index contributed by atoms with van der Waals surface area (Å²) in [6.45, 7) is 1.71. The fraction of sp³-hybridized carbons (Fsp3) is 0.357. The fourth-order valence-electron chi connectivity index (χ4n) is 2.57. The van der Waals surface area contributed by atoms with E-state index in [2.05, 4.69) is 20.7 Å². The van der Waals surface area contributed by atoms with Gasteiger partial charge in [0.1, 0.15) is 18.3 Å². The number of halogens is 1. The lowest BCUT2D eigenvalue weighted by Gasteiger charge is -2.23. The lowest BCUT2D eigenvalue weighted by atomic mass is 10.1. The highest BCUT2D eigenvalue weighted by Gasteiger charge is 2.21. The Bertz CT molecular complexity index is 715. The lowest BCUT2D eigenvalue weighted by molar-refractivity contribution is -0.384. The van der Waals surface area contributed by atoms with Gasteiger partial charge in [-0.15, -0.1) is 12.4 Å². The van der Waals surface area contributed by atoms with E-state index in [4.69, 9.17) is 0 Å². The molecule has 1 amide bonds. The standard InChI is InChI=1S/C14H16N6O3.ClH/c21-14(18-11-3-5-15-6-4-11)10-1-2-12(13(7-10)20(22)23)19-9-16-8-17-19;/h1-2,7-9,11,15H,3-6H2,(H,18,21);1H. The van der Waals surface area contributed by atoms with Gasteiger partial charge in [0.15, 0.2) is 0 Å².